The van der Waals surface area contributed by atoms with Gasteiger partial charge in [-0.15, -0.1) is 0 Å². The summed E-state index contributed by atoms with van der Waals surface area (Å²) >= 11 is 0. The van der Waals surface area contributed by atoms with E-state index in [1.165, 1.54) is 82.7 Å². The summed E-state index contributed by atoms with van der Waals surface area (Å²) in [5.41, 5.74) is 15.9. The van der Waals surface area contributed by atoms with Crippen molar-refractivity contribution < 1.29 is 13.6 Å². The van der Waals surface area contributed by atoms with Gasteiger partial charge in [0.05, 0.1) is 28.0 Å². The van der Waals surface area contributed by atoms with Gasteiger partial charge >= 0.3 is 0 Å². The molecule has 0 amide bonds. The maximum atomic E-state index is 6.68. The Morgan fingerprint density at radius 1 is 0.667 bits per heavy atom. The molecule has 5 aromatic heterocycles. The average molecular weight is 698 g/mol. The van der Waals surface area contributed by atoms with Crippen molar-refractivity contribution in [1.82, 2.24) is 4.40 Å². The number of allylic oxidation sites excluding steroid dienone is 1. The van der Waals surface area contributed by atoms with E-state index in [4.69, 9.17) is 11.0 Å². The zero-order valence-electron chi connectivity index (χ0n) is 30.7. The number of hydrogen-bond donors (Lipinski definition) is 0. The van der Waals surface area contributed by atoms with Crippen LogP contribution in [-0.2, 0) is 11.8 Å². The van der Waals surface area contributed by atoms with Crippen molar-refractivity contribution >= 4 is 65.7 Å². The highest BCUT2D eigenvalue weighted by molar-refractivity contribution is 6.35. The second-order valence-corrected chi connectivity index (χ2v) is 16.6. The Hall–Kier alpha value is -6.26. The molecule has 0 saturated carbocycles. The lowest BCUT2D eigenvalue weighted by molar-refractivity contribution is -0.727. The minimum Gasteiger partial charge on any atom is -0.456 e. The van der Waals surface area contributed by atoms with E-state index in [9.17, 15) is 0 Å². The SMILES string of the molecule is C=C1C2C(CCc3cc4c(cc3-c3cccc[n+]31)c1c3c(cc5c6cc(C(C)(C)C)ccc6n4c51)oc1ccccc13)c1ccccc1-c1cccc[n+]12. The van der Waals surface area contributed by atoms with Gasteiger partial charge in [0.25, 0.3) is 0 Å². The standard InChI is InChI=1S/C50H39N3O/c1-29-48-34(32-13-5-6-14-33(32)40-16-10-12-24-52(40)48)21-19-30-25-43-39(27-36(30)41-17-9-11-23-51(29)41)47-46-35-15-7-8-18-44(35)54-45(46)28-38-37-26-31(50(2,3)4)20-22-42(37)53(43)49(38)47/h5-18,20,22-28,34,48H,1,19,21H2,2-4H3/q+2. The molecule has 0 aliphatic carbocycles. The molecular weight excluding hydrogens is 659 g/mol. The number of aryl methyl sites for hydroxylation is 1. The van der Waals surface area contributed by atoms with Gasteiger partial charge in [-0.2, -0.15) is 9.13 Å². The number of nitrogens with zero attached hydrogens (tertiary/aromatic N) is 3. The number of pyridine rings is 2. The molecule has 2 atom stereocenters. The molecule has 0 bridgehead atoms. The summed E-state index contributed by atoms with van der Waals surface area (Å²) in [7, 11) is 0. The van der Waals surface area contributed by atoms with Crippen molar-refractivity contribution in [2.75, 3.05) is 0 Å². The Bertz CT molecular complexity index is 3240. The molecule has 4 heteroatoms. The van der Waals surface area contributed by atoms with Crippen LogP contribution in [0.5, 0.6) is 0 Å². The molecule has 4 nitrogen and oxygen atoms in total. The number of fused-ring (bicyclic) bond motifs is 19. The molecule has 258 valence electrons. The maximum Gasteiger partial charge on any atom is 0.249 e. The first-order chi connectivity index (χ1) is 26.3. The number of para-hydroxylation sites is 1. The van der Waals surface area contributed by atoms with Gasteiger partial charge in [-0.1, -0.05) is 63.2 Å². The van der Waals surface area contributed by atoms with Crippen LogP contribution in [0.4, 0.5) is 0 Å². The van der Waals surface area contributed by atoms with Crippen LogP contribution in [-0.4, -0.2) is 4.40 Å². The molecule has 7 heterocycles. The molecule has 12 rings (SSSR count). The molecule has 0 saturated heterocycles. The number of furan rings is 1. The molecule has 2 aliphatic rings. The van der Waals surface area contributed by atoms with Crippen LogP contribution >= 0.6 is 0 Å². The summed E-state index contributed by atoms with van der Waals surface area (Å²) in [4.78, 5) is 0. The van der Waals surface area contributed by atoms with E-state index in [1.807, 2.05) is 0 Å². The summed E-state index contributed by atoms with van der Waals surface area (Å²) in [5, 5.41) is 7.42. The van der Waals surface area contributed by atoms with Crippen molar-refractivity contribution in [3.8, 4) is 22.5 Å². The smallest absolute Gasteiger partial charge is 0.249 e. The van der Waals surface area contributed by atoms with E-state index < -0.39 is 0 Å². The van der Waals surface area contributed by atoms with Gasteiger partial charge < -0.3 is 8.82 Å². The normalized spacial score (nSPS) is 17.1. The number of benzene rings is 5. The van der Waals surface area contributed by atoms with Crippen LogP contribution in [0.3, 0.4) is 0 Å². The summed E-state index contributed by atoms with van der Waals surface area (Å²) in [5.74, 6) is 0.261. The lowest BCUT2D eigenvalue weighted by atomic mass is 9.78. The molecule has 2 aliphatic heterocycles. The highest BCUT2D eigenvalue weighted by atomic mass is 16.3. The quantitative estimate of drug-likeness (QED) is 0.145. The van der Waals surface area contributed by atoms with E-state index in [-0.39, 0.29) is 17.4 Å². The Morgan fingerprint density at radius 3 is 2.35 bits per heavy atom. The van der Waals surface area contributed by atoms with Crippen LogP contribution in [0, 0.1) is 0 Å². The van der Waals surface area contributed by atoms with E-state index in [1.54, 1.807) is 0 Å². The van der Waals surface area contributed by atoms with E-state index in [2.05, 4.69) is 168 Å². The molecule has 54 heavy (non-hydrogen) atoms. The van der Waals surface area contributed by atoms with Gasteiger partial charge in [0.15, 0.2) is 12.4 Å². The Balaban J connectivity index is 1.20. The second kappa shape index (κ2) is 10.4. The zero-order chi connectivity index (χ0) is 36.0. The highest BCUT2D eigenvalue weighted by Gasteiger charge is 2.46. The Morgan fingerprint density at radius 2 is 1.46 bits per heavy atom. The first-order valence-corrected chi connectivity index (χ1v) is 19.3. The minimum atomic E-state index is 0.0364. The van der Waals surface area contributed by atoms with Crippen LogP contribution in [0.15, 0.2) is 145 Å². The predicted octanol–water partition coefficient (Wildman–Crippen LogP) is 11.7. The third kappa shape index (κ3) is 3.87. The van der Waals surface area contributed by atoms with Gasteiger partial charge in [-0.25, -0.2) is 0 Å². The number of aromatic nitrogens is 3. The predicted molar refractivity (Wildman–Crippen MR) is 220 cm³/mol. The fourth-order valence-corrected chi connectivity index (χ4v) is 10.2. The molecule has 10 aromatic rings. The molecule has 0 N–H and O–H groups in total. The first-order valence-electron chi connectivity index (χ1n) is 19.3. The van der Waals surface area contributed by atoms with E-state index >= 15 is 0 Å². The fraction of sp³-hybridized carbons (Fsp3) is 0.160. The van der Waals surface area contributed by atoms with Gasteiger partial charge in [0.1, 0.15) is 11.2 Å². The van der Waals surface area contributed by atoms with Crippen LogP contribution in [0.25, 0.3) is 88.2 Å². The average Bonchev–Trinajstić information content (AvgIpc) is 3.85. The van der Waals surface area contributed by atoms with Crippen molar-refractivity contribution in [2.45, 2.75) is 51.0 Å². The highest BCUT2D eigenvalue weighted by Crippen LogP contribution is 2.49. The van der Waals surface area contributed by atoms with Gasteiger partial charge in [-0.05, 0) is 96.1 Å². The molecule has 5 aromatic carbocycles. The summed E-state index contributed by atoms with van der Waals surface area (Å²) in [6.45, 7) is 11.8. The third-order valence-electron chi connectivity index (χ3n) is 12.7. The molecule has 2 unspecified atom stereocenters. The zero-order valence-corrected chi connectivity index (χ0v) is 30.7. The largest absolute Gasteiger partial charge is 0.456 e. The number of hydrogen-bond acceptors (Lipinski definition) is 1. The second-order valence-electron chi connectivity index (χ2n) is 16.6. The van der Waals surface area contributed by atoms with Gasteiger partial charge in [-0.3, -0.25) is 0 Å². The lowest BCUT2D eigenvalue weighted by Crippen LogP contribution is -2.53. The van der Waals surface area contributed by atoms with Crippen molar-refractivity contribution in [3.63, 3.8) is 0 Å². The minimum absolute atomic E-state index is 0.0364. The third-order valence-corrected chi connectivity index (χ3v) is 12.7. The van der Waals surface area contributed by atoms with E-state index in [0.717, 1.165) is 35.1 Å². The molecule has 0 spiro atoms. The first kappa shape index (κ1) is 30.2. The van der Waals surface area contributed by atoms with Crippen molar-refractivity contribution in [3.05, 3.63) is 157 Å². The maximum absolute atomic E-state index is 6.68. The Labute approximate surface area is 313 Å². The van der Waals surface area contributed by atoms with Crippen molar-refractivity contribution in [1.29, 1.82) is 0 Å². The van der Waals surface area contributed by atoms with Crippen LogP contribution < -0.4 is 9.13 Å². The molecule has 0 radical (unpaired) electrons. The topological polar surface area (TPSA) is 25.3 Å². The summed E-state index contributed by atoms with van der Waals surface area (Å²) in [6, 6.07) is 45.2. The fourth-order valence-electron chi connectivity index (χ4n) is 10.2. The summed E-state index contributed by atoms with van der Waals surface area (Å²) in [6.07, 6.45) is 6.41. The lowest BCUT2D eigenvalue weighted by Gasteiger charge is -2.29. The number of rotatable bonds is 0. The van der Waals surface area contributed by atoms with E-state index in [0.29, 0.717) is 0 Å². The van der Waals surface area contributed by atoms with Gasteiger partial charge in [0, 0.05) is 62.1 Å². The van der Waals surface area contributed by atoms with Crippen LogP contribution in [0.2, 0.25) is 0 Å². The molecular formula is C50H39N3O+2. The summed E-state index contributed by atoms with van der Waals surface area (Å²) < 4.78 is 14.1. The van der Waals surface area contributed by atoms with Crippen LogP contribution in [0.1, 0.15) is 55.8 Å². The van der Waals surface area contributed by atoms with Crippen molar-refractivity contribution in [2.24, 2.45) is 0 Å². The molecule has 0 fully saturated rings. The Kier molecular flexibility index (Phi) is 5.85. The monoisotopic (exact) mass is 697 g/mol. The van der Waals surface area contributed by atoms with Gasteiger partial charge in [0.2, 0.25) is 23.1 Å².